The Morgan fingerprint density at radius 1 is 1.73 bits per heavy atom. The summed E-state index contributed by atoms with van der Waals surface area (Å²) in [7, 11) is 0. The van der Waals surface area contributed by atoms with Gasteiger partial charge in [0.15, 0.2) is 0 Å². The highest BCUT2D eigenvalue weighted by Gasteiger charge is 2.39. The molecular formula is C11H16N2OS. The molecule has 0 aliphatic heterocycles. The van der Waals surface area contributed by atoms with Gasteiger partial charge in [-0.05, 0) is 36.4 Å². The van der Waals surface area contributed by atoms with Gasteiger partial charge in [0.2, 0.25) is 5.78 Å². The molecule has 0 amide bonds. The second kappa shape index (κ2) is 4.02. The van der Waals surface area contributed by atoms with Gasteiger partial charge in [-0.1, -0.05) is 19.8 Å². The van der Waals surface area contributed by atoms with E-state index in [4.69, 9.17) is 5.73 Å². The molecular weight excluding hydrogens is 208 g/mol. The molecule has 2 atom stereocenters. The molecule has 2 rings (SSSR count). The molecule has 15 heavy (non-hydrogen) atoms. The Hall–Kier alpha value is -0.740. The number of carbonyl (C=O) groups excluding carboxylic acids is 1. The van der Waals surface area contributed by atoms with Crippen LogP contribution in [0.4, 0.5) is 0 Å². The minimum absolute atomic E-state index is 0.0234. The number of carbonyl (C=O) groups is 1. The van der Waals surface area contributed by atoms with E-state index in [1.807, 2.05) is 5.38 Å². The first kappa shape index (κ1) is 10.8. The Labute approximate surface area is 93.8 Å². The summed E-state index contributed by atoms with van der Waals surface area (Å²) < 4.78 is 4.07. The molecule has 0 radical (unpaired) electrons. The highest BCUT2D eigenvalue weighted by molar-refractivity contribution is 7.03. The van der Waals surface area contributed by atoms with Crippen molar-refractivity contribution >= 4 is 17.3 Å². The van der Waals surface area contributed by atoms with Gasteiger partial charge < -0.3 is 5.73 Å². The zero-order chi connectivity index (χ0) is 10.9. The van der Waals surface area contributed by atoms with E-state index in [0.29, 0.717) is 11.6 Å². The number of nitrogens with zero attached hydrogens (tertiary/aromatic N) is 1. The molecule has 1 aliphatic rings. The first-order valence-electron chi connectivity index (χ1n) is 5.36. The maximum absolute atomic E-state index is 12.1. The van der Waals surface area contributed by atoms with Crippen LogP contribution in [0.15, 0.2) is 11.4 Å². The van der Waals surface area contributed by atoms with Crippen molar-refractivity contribution in [3.8, 4) is 0 Å². The van der Waals surface area contributed by atoms with Gasteiger partial charge in [0.1, 0.15) is 5.69 Å². The SMILES string of the molecule is CC1CCCC(N)(C(=O)c2ccsn2)C1. The molecule has 0 saturated heterocycles. The lowest BCUT2D eigenvalue weighted by molar-refractivity contribution is 0.0815. The van der Waals surface area contributed by atoms with Crippen LogP contribution in [0.3, 0.4) is 0 Å². The predicted molar refractivity (Wildman–Crippen MR) is 61.0 cm³/mol. The Bertz CT molecular complexity index is 349. The molecule has 1 fully saturated rings. The third-order valence-electron chi connectivity index (χ3n) is 3.16. The molecule has 0 aromatic carbocycles. The lowest BCUT2D eigenvalue weighted by Gasteiger charge is -2.34. The van der Waals surface area contributed by atoms with E-state index in [1.165, 1.54) is 18.0 Å². The van der Waals surface area contributed by atoms with Crippen LogP contribution >= 0.6 is 11.5 Å². The summed E-state index contributed by atoms with van der Waals surface area (Å²) in [5.41, 5.74) is 6.08. The summed E-state index contributed by atoms with van der Waals surface area (Å²) in [6.07, 6.45) is 3.83. The van der Waals surface area contributed by atoms with Gasteiger partial charge in [0, 0.05) is 5.38 Å². The number of Topliss-reactive ketones (excluding diaryl/α,β-unsaturated/α-hetero) is 1. The van der Waals surface area contributed by atoms with Crippen molar-refractivity contribution < 1.29 is 4.79 Å². The molecule has 3 nitrogen and oxygen atoms in total. The average molecular weight is 224 g/mol. The topological polar surface area (TPSA) is 56.0 Å². The van der Waals surface area contributed by atoms with Crippen LogP contribution in [0.5, 0.6) is 0 Å². The Kier molecular flexibility index (Phi) is 2.89. The van der Waals surface area contributed by atoms with Crippen LogP contribution in [0.2, 0.25) is 0 Å². The summed E-state index contributed by atoms with van der Waals surface area (Å²) in [4.78, 5) is 12.1. The number of hydrogen-bond acceptors (Lipinski definition) is 4. The van der Waals surface area contributed by atoms with Gasteiger partial charge in [0.25, 0.3) is 0 Å². The van der Waals surface area contributed by atoms with Gasteiger partial charge in [-0.15, -0.1) is 0 Å². The largest absolute Gasteiger partial charge is 0.319 e. The molecule has 1 aromatic rings. The second-order valence-corrected chi connectivity index (χ2v) is 5.24. The summed E-state index contributed by atoms with van der Waals surface area (Å²) in [6.45, 7) is 2.16. The van der Waals surface area contributed by atoms with Crippen LogP contribution in [0.1, 0.15) is 43.1 Å². The third kappa shape index (κ3) is 2.11. The molecule has 1 aliphatic carbocycles. The van der Waals surface area contributed by atoms with Crippen LogP contribution in [0, 0.1) is 5.92 Å². The monoisotopic (exact) mass is 224 g/mol. The molecule has 2 N–H and O–H groups in total. The van der Waals surface area contributed by atoms with Gasteiger partial charge in [0.05, 0.1) is 5.54 Å². The zero-order valence-electron chi connectivity index (χ0n) is 8.90. The summed E-state index contributed by atoms with van der Waals surface area (Å²) in [6, 6.07) is 1.76. The number of hydrogen-bond donors (Lipinski definition) is 1. The van der Waals surface area contributed by atoms with E-state index >= 15 is 0 Å². The number of ketones is 1. The quantitative estimate of drug-likeness (QED) is 0.784. The van der Waals surface area contributed by atoms with E-state index in [-0.39, 0.29) is 5.78 Å². The van der Waals surface area contributed by atoms with Crippen molar-refractivity contribution in [3.05, 3.63) is 17.1 Å². The van der Waals surface area contributed by atoms with Gasteiger partial charge >= 0.3 is 0 Å². The van der Waals surface area contributed by atoms with E-state index < -0.39 is 5.54 Å². The standard InChI is InChI=1S/C11H16N2OS/c1-8-3-2-5-11(12,7-8)10(14)9-4-6-15-13-9/h4,6,8H,2-3,5,7,12H2,1H3. The van der Waals surface area contributed by atoms with Crippen molar-refractivity contribution in [3.63, 3.8) is 0 Å². The van der Waals surface area contributed by atoms with Crippen LogP contribution in [0.25, 0.3) is 0 Å². The molecule has 2 unspecified atom stereocenters. The Morgan fingerprint density at radius 3 is 3.13 bits per heavy atom. The molecule has 0 spiro atoms. The normalized spacial score (nSPS) is 31.5. The highest BCUT2D eigenvalue weighted by atomic mass is 32.1. The highest BCUT2D eigenvalue weighted by Crippen LogP contribution is 2.32. The Morgan fingerprint density at radius 2 is 2.53 bits per heavy atom. The fourth-order valence-electron chi connectivity index (χ4n) is 2.38. The van der Waals surface area contributed by atoms with Crippen molar-refractivity contribution in [1.82, 2.24) is 4.37 Å². The van der Waals surface area contributed by atoms with Crippen LogP contribution in [-0.4, -0.2) is 15.7 Å². The predicted octanol–water partition coefficient (Wildman–Crippen LogP) is 2.23. The molecule has 4 heteroatoms. The van der Waals surface area contributed by atoms with Crippen molar-refractivity contribution in [2.75, 3.05) is 0 Å². The van der Waals surface area contributed by atoms with Crippen molar-refractivity contribution in [2.45, 2.75) is 38.1 Å². The summed E-state index contributed by atoms with van der Waals surface area (Å²) >= 11 is 1.31. The molecule has 1 saturated carbocycles. The fourth-order valence-corrected chi connectivity index (χ4v) is 2.89. The van der Waals surface area contributed by atoms with Crippen LogP contribution in [-0.2, 0) is 0 Å². The van der Waals surface area contributed by atoms with Gasteiger partial charge in [-0.2, -0.15) is 4.37 Å². The zero-order valence-corrected chi connectivity index (χ0v) is 9.72. The lowest BCUT2D eigenvalue weighted by Crippen LogP contribution is -2.51. The summed E-state index contributed by atoms with van der Waals surface area (Å²) in [5.74, 6) is 0.571. The molecule has 82 valence electrons. The van der Waals surface area contributed by atoms with Gasteiger partial charge in [-0.25, -0.2) is 0 Å². The van der Waals surface area contributed by atoms with E-state index in [1.54, 1.807) is 6.07 Å². The maximum Gasteiger partial charge on any atom is 0.202 e. The van der Waals surface area contributed by atoms with E-state index in [2.05, 4.69) is 11.3 Å². The molecule has 1 aromatic heterocycles. The second-order valence-electron chi connectivity index (χ2n) is 4.57. The van der Waals surface area contributed by atoms with Gasteiger partial charge in [-0.3, -0.25) is 4.79 Å². The average Bonchev–Trinajstić information content (AvgIpc) is 2.68. The number of rotatable bonds is 2. The minimum atomic E-state index is -0.661. The summed E-state index contributed by atoms with van der Waals surface area (Å²) in [5, 5.41) is 1.82. The molecule has 1 heterocycles. The first-order valence-corrected chi connectivity index (χ1v) is 6.19. The van der Waals surface area contributed by atoms with Crippen molar-refractivity contribution in [1.29, 1.82) is 0 Å². The molecule has 0 bridgehead atoms. The fraction of sp³-hybridized carbons (Fsp3) is 0.636. The minimum Gasteiger partial charge on any atom is -0.319 e. The number of nitrogens with two attached hydrogens (primary N) is 1. The lowest BCUT2D eigenvalue weighted by atomic mass is 9.74. The van der Waals surface area contributed by atoms with Crippen molar-refractivity contribution in [2.24, 2.45) is 11.7 Å². The van der Waals surface area contributed by atoms with E-state index in [0.717, 1.165) is 19.3 Å². The number of aromatic nitrogens is 1. The Balaban J connectivity index is 2.18. The maximum atomic E-state index is 12.1. The van der Waals surface area contributed by atoms with Crippen LogP contribution < -0.4 is 5.73 Å². The van der Waals surface area contributed by atoms with E-state index in [9.17, 15) is 4.79 Å². The first-order chi connectivity index (χ1) is 7.12. The smallest absolute Gasteiger partial charge is 0.202 e. The third-order valence-corrected chi connectivity index (χ3v) is 3.72.